The van der Waals surface area contributed by atoms with Crippen molar-refractivity contribution in [1.29, 1.82) is 0 Å². The Labute approximate surface area is 194 Å². The summed E-state index contributed by atoms with van der Waals surface area (Å²) in [6, 6.07) is 0. The Morgan fingerprint density at radius 3 is 1.29 bits per heavy atom. The van der Waals surface area contributed by atoms with Crippen LogP contribution in [0.1, 0.15) is 104 Å². The van der Waals surface area contributed by atoms with Crippen LogP contribution in [0, 0.1) is 0 Å². The number of amides is 2. The molecular weight excluding hydrogens is 469 g/mol. The zero-order valence-electron chi connectivity index (χ0n) is 17.2. The van der Waals surface area contributed by atoms with Crippen LogP contribution in [0.15, 0.2) is 0 Å². The van der Waals surface area contributed by atoms with E-state index in [0.29, 0.717) is 12.8 Å². The smallest absolute Gasteiger partial charge is 0.230 e. The second-order valence-corrected chi connectivity index (χ2v) is 15.3. The van der Waals surface area contributed by atoms with E-state index in [2.05, 4.69) is 23.3 Å². The summed E-state index contributed by atoms with van der Waals surface area (Å²) in [6.45, 7) is 4.42. The first-order valence-electron chi connectivity index (χ1n) is 10.3. The molecule has 4 nitrogen and oxygen atoms in total. The molecule has 0 fully saturated rings. The zero-order chi connectivity index (χ0) is 20.7. The highest BCUT2D eigenvalue weighted by molar-refractivity contribution is 9.41. The van der Waals surface area contributed by atoms with Gasteiger partial charge in [-0.3, -0.25) is 19.0 Å². The Kier molecular flexibility index (Phi) is 25.2. The minimum absolute atomic E-state index is 0.113. The van der Waals surface area contributed by atoms with Gasteiger partial charge in [-0.25, -0.2) is 0 Å². The van der Waals surface area contributed by atoms with Gasteiger partial charge in [0.1, 0.15) is 0 Å². The molecule has 166 valence electrons. The number of carbonyl (C=O) groups excluding carboxylic acids is 2. The summed E-state index contributed by atoms with van der Waals surface area (Å²) in [7, 11) is 8.97. The van der Waals surface area contributed by atoms with Crippen molar-refractivity contribution in [3.63, 3.8) is 0 Å². The molecule has 0 aliphatic rings. The highest BCUT2D eigenvalue weighted by atomic mass is 33.9. The molecule has 10 heteroatoms. The lowest BCUT2D eigenvalue weighted by atomic mass is 10.1. The predicted molar refractivity (Wildman–Crippen MR) is 138 cm³/mol. The topological polar surface area (TPSA) is 58.2 Å². The van der Waals surface area contributed by atoms with Crippen LogP contribution in [0.3, 0.4) is 0 Å². The Morgan fingerprint density at radius 1 is 0.536 bits per heavy atom. The SMILES string of the molecule is CCCCCCCCC(=O)NSSSSSSNC(=O)CCCCCCCC. The maximum absolute atomic E-state index is 11.7. The average molecular weight is 505 g/mol. The van der Waals surface area contributed by atoms with E-state index in [9.17, 15) is 9.59 Å². The fraction of sp³-hybridized carbons (Fsp3) is 0.889. The van der Waals surface area contributed by atoms with Gasteiger partial charge < -0.3 is 0 Å². The van der Waals surface area contributed by atoms with Crippen LogP contribution in [0.2, 0.25) is 0 Å². The maximum Gasteiger partial charge on any atom is 0.230 e. The Balaban J connectivity index is 3.25. The van der Waals surface area contributed by atoms with Gasteiger partial charge in [0.25, 0.3) is 0 Å². The first-order chi connectivity index (χ1) is 13.7. The molecule has 0 aromatic heterocycles. The third-order valence-electron chi connectivity index (χ3n) is 3.98. The Hall–Kier alpha value is 1.04. The van der Waals surface area contributed by atoms with Crippen molar-refractivity contribution < 1.29 is 9.59 Å². The second-order valence-electron chi connectivity index (χ2n) is 6.52. The molecule has 0 saturated carbocycles. The summed E-state index contributed by atoms with van der Waals surface area (Å²) in [6.07, 6.45) is 15.6. The number of unbranched alkanes of at least 4 members (excludes halogenated alkanes) is 10. The van der Waals surface area contributed by atoms with Gasteiger partial charge in [-0.15, -0.1) is 0 Å². The lowest BCUT2D eigenvalue weighted by Crippen LogP contribution is -2.13. The normalized spacial score (nSPS) is 10.8. The van der Waals surface area contributed by atoms with E-state index in [-0.39, 0.29) is 11.8 Å². The van der Waals surface area contributed by atoms with Crippen molar-refractivity contribution >= 4 is 73.1 Å². The van der Waals surface area contributed by atoms with E-state index in [1.165, 1.54) is 93.0 Å². The molecule has 2 amide bonds. The van der Waals surface area contributed by atoms with Crippen molar-refractivity contribution in [3.8, 4) is 0 Å². The molecule has 0 heterocycles. The predicted octanol–water partition coefficient (Wildman–Crippen LogP) is 8.52. The van der Waals surface area contributed by atoms with Crippen molar-refractivity contribution in [2.45, 2.75) is 104 Å². The van der Waals surface area contributed by atoms with Crippen molar-refractivity contribution in [2.75, 3.05) is 0 Å². The summed E-state index contributed by atoms with van der Waals surface area (Å²) >= 11 is 0. The van der Waals surface area contributed by atoms with Gasteiger partial charge in [0.15, 0.2) is 0 Å². The summed E-state index contributed by atoms with van der Waals surface area (Å²) in [5.41, 5.74) is 0. The van der Waals surface area contributed by atoms with E-state index in [1.807, 2.05) is 0 Å². The fourth-order valence-electron chi connectivity index (χ4n) is 2.41. The number of hydrogen-bond acceptors (Lipinski definition) is 8. The third kappa shape index (κ3) is 23.3. The van der Waals surface area contributed by atoms with Crippen molar-refractivity contribution in [2.24, 2.45) is 0 Å². The standard InChI is InChI=1S/C18H36N2O2S6/c1-3-5-7-9-11-13-15-17(21)19-23-25-27-28-26-24-20-18(22)16-14-12-10-8-6-4-2/h3-16H2,1-2H3,(H,19,21)(H,20,22). The largest absolute Gasteiger partial charge is 0.290 e. The van der Waals surface area contributed by atoms with Crippen LogP contribution in [0.5, 0.6) is 0 Å². The van der Waals surface area contributed by atoms with E-state index in [1.54, 1.807) is 19.7 Å². The van der Waals surface area contributed by atoms with Crippen LogP contribution in [0.4, 0.5) is 0 Å². The zero-order valence-corrected chi connectivity index (χ0v) is 22.1. The second kappa shape index (κ2) is 24.3. The van der Waals surface area contributed by atoms with Gasteiger partial charge >= 0.3 is 0 Å². The molecule has 0 aliphatic carbocycles. The minimum Gasteiger partial charge on any atom is -0.290 e. The molecule has 0 saturated heterocycles. The van der Waals surface area contributed by atoms with Gasteiger partial charge in [-0.2, -0.15) is 0 Å². The quantitative estimate of drug-likeness (QED) is 0.0916. The molecule has 0 unspecified atom stereocenters. The summed E-state index contributed by atoms with van der Waals surface area (Å²) < 4.78 is 5.71. The molecular formula is C18H36N2O2S6. The van der Waals surface area contributed by atoms with Gasteiger partial charge in [0.2, 0.25) is 11.8 Å². The molecule has 0 spiro atoms. The number of carbonyl (C=O) groups is 2. The molecule has 0 bridgehead atoms. The van der Waals surface area contributed by atoms with E-state index in [0.717, 1.165) is 25.7 Å². The van der Waals surface area contributed by atoms with E-state index >= 15 is 0 Å². The van der Waals surface area contributed by atoms with E-state index in [4.69, 9.17) is 0 Å². The number of hydrogen-bond donors (Lipinski definition) is 2. The molecule has 0 aromatic rings. The van der Waals surface area contributed by atoms with Gasteiger partial charge in [-0.05, 0) is 12.8 Å². The van der Waals surface area contributed by atoms with Crippen LogP contribution in [-0.2, 0) is 9.59 Å². The molecule has 0 aliphatic heterocycles. The highest BCUT2D eigenvalue weighted by Gasteiger charge is 2.04. The highest BCUT2D eigenvalue weighted by Crippen LogP contribution is 2.50. The average Bonchev–Trinajstić information content (AvgIpc) is 2.69. The minimum atomic E-state index is 0.113. The molecule has 2 N–H and O–H groups in total. The van der Waals surface area contributed by atoms with Gasteiger partial charge in [0, 0.05) is 74.1 Å². The van der Waals surface area contributed by atoms with Gasteiger partial charge in [-0.1, -0.05) is 78.1 Å². The first-order valence-corrected chi connectivity index (χ1v) is 17.8. The Bertz CT molecular complexity index is 344. The van der Waals surface area contributed by atoms with E-state index < -0.39 is 0 Å². The monoisotopic (exact) mass is 504 g/mol. The summed E-state index contributed by atoms with van der Waals surface area (Å²) in [5, 5.41) is 0. The van der Waals surface area contributed by atoms with Gasteiger partial charge in [0.05, 0.1) is 0 Å². The molecule has 0 aromatic carbocycles. The van der Waals surface area contributed by atoms with Crippen LogP contribution < -0.4 is 9.44 Å². The third-order valence-corrected chi connectivity index (χ3v) is 13.5. The summed E-state index contributed by atoms with van der Waals surface area (Å²) in [4.78, 5) is 23.4. The van der Waals surface area contributed by atoms with Crippen LogP contribution >= 0.6 is 61.3 Å². The number of rotatable bonds is 21. The van der Waals surface area contributed by atoms with Crippen LogP contribution in [0.25, 0.3) is 0 Å². The molecule has 28 heavy (non-hydrogen) atoms. The summed E-state index contributed by atoms with van der Waals surface area (Å²) in [5.74, 6) is 0.227. The number of nitrogens with one attached hydrogen (secondary N) is 2. The van der Waals surface area contributed by atoms with Crippen molar-refractivity contribution in [1.82, 2.24) is 9.44 Å². The first kappa shape index (κ1) is 29.0. The maximum atomic E-state index is 11.7. The van der Waals surface area contributed by atoms with Crippen molar-refractivity contribution in [3.05, 3.63) is 0 Å². The molecule has 0 atom stereocenters. The fourth-order valence-corrected chi connectivity index (χ4v) is 12.0. The molecule has 0 rings (SSSR count). The van der Waals surface area contributed by atoms with Crippen LogP contribution in [-0.4, -0.2) is 11.8 Å². The Morgan fingerprint density at radius 2 is 0.893 bits per heavy atom. The molecule has 0 radical (unpaired) electrons. The lowest BCUT2D eigenvalue weighted by molar-refractivity contribution is -0.120. The lowest BCUT2D eigenvalue weighted by Gasteiger charge is -2.04.